The first kappa shape index (κ1) is 14.1. The minimum Gasteiger partial charge on any atom is -0.298 e. The molecule has 0 saturated heterocycles. The summed E-state index contributed by atoms with van der Waals surface area (Å²) in [6, 6.07) is 3.32. The molecule has 0 aliphatic carbocycles. The fourth-order valence-electron chi connectivity index (χ4n) is 0.442. The van der Waals surface area contributed by atoms with Gasteiger partial charge in [0.05, 0.1) is 0 Å². The van der Waals surface area contributed by atoms with E-state index in [0.717, 1.165) is 6.29 Å². The van der Waals surface area contributed by atoms with Gasteiger partial charge in [-0.15, -0.1) is 0 Å². The van der Waals surface area contributed by atoms with E-state index >= 15 is 0 Å². The van der Waals surface area contributed by atoms with Crippen molar-refractivity contribution in [1.29, 1.82) is 0 Å². The largest absolute Gasteiger partial charge is 0.298 e. The van der Waals surface area contributed by atoms with E-state index in [-0.39, 0.29) is 0 Å². The Kier molecular flexibility index (Phi) is 15.5. The Morgan fingerprint density at radius 3 is 1.92 bits per heavy atom. The topological polar surface area (TPSA) is 30.0 Å². The number of rotatable bonds is 1. The summed E-state index contributed by atoms with van der Waals surface area (Å²) in [7, 11) is 0. The van der Waals surface area contributed by atoms with Gasteiger partial charge < -0.3 is 0 Å². The SMILES string of the molecule is CC.CI.O=Cc1ccncc1. The molecule has 0 radical (unpaired) electrons. The van der Waals surface area contributed by atoms with Gasteiger partial charge in [-0.05, 0) is 17.1 Å². The Balaban J connectivity index is 0. The first-order valence-corrected chi connectivity index (χ1v) is 5.82. The summed E-state index contributed by atoms with van der Waals surface area (Å²) in [4.78, 5) is 15.7. The predicted octanol–water partition coefficient (Wildman–Crippen LogP) is 2.97. The van der Waals surface area contributed by atoms with Gasteiger partial charge in [-0.25, -0.2) is 0 Å². The van der Waals surface area contributed by atoms with Gasteiger partial charge in [-0.1, -0.05) is 36.4 Å². The fraction of sp³-hybridized carbons (Fsp3) is 0.333. The second kappa shape index (κ2) is 13.2. The lowest BCUT2D eigenvalue weighted by Crippen LogP contribution is -1.76. The molecule has 2 nitrogen and oxygen atoms in total. The van der Waals surface area contributed by atoms with E-state index in [1.165, 1.54) is 0 Å². The summed E-state index contributed by atoms with van der Waals surface area (Å²) in [6.45, 7) is 4.00. The monoisotopic (exact) mass is 279 g/mol. The van der Waals surface area contributed by atoms with Gasteiger partial charge in [-0.2, -0.15) is 0 Å². The van der Waals surface area contributed by atoms with Crippen LogP contribution in [0.3, 0.4) is 0 Å². The van der Waals surface area contributed by atoms with Crippen molar-refractivity contribution in [1.82, 2.24) is 4.98 Å². The summed E-state index contributed by atoms with van der Waals surface area (Å²) < 4.78 is 0. The Labute approximate surface area is 87.5 Å². The summed E-state index contributed by atoms with van der Waals surface area (Å²) in [5, 5.41) is 0. The van der Waals surface area contributed by atoms with E-state index in [1.54, 1.807) is 24.5 Å². The normalized spacial score (nSPS) is 6.67. The van der Waals surface area contributed by atoms with Crippen molar-refractivity contribution < 1.29 is 4.79 Å². The maximum Gasteiger partial charge on any atom is 0.150 e. The molecule has 0 aliphatic rings. The number of aldehydes is 1. The summed E-state index contributed by atoms with van der Waals surface area (Å²) in [6.07, 6.45) is 3.97. The molecule has 68 valence electrons. The van der Waals surface area contributed by atoms with E-state index in [9.17, 15) is 4.79 Å². The molecule has 1 aromatic heterocycles. The second-order valence-electron chi connectivity index (χ2n) is 1.40. The lowest BCUT2D eigenvalue weighted by Gasteiger charge is -1.81. The third-order valence-corrected chi connectivity index (χ3v) is 0.842. The summed E-state index contributed by atoms with van der Waals surface area (Å²) in [5.74, 6) is 0. The third-order valence-electron chi connectivity index (χ3n) is 0.842. The molecule has 0 fully saturated rings. The van der Waals surface area contributed by atoms with Crippen molar-refractivity contribution in [2.45, 2.75) is 13.8 Å². The molecule has 1 rings (SSSR count). The number of pyridine rings is 1. The molecule has 1 heterocycles. The molecule has 12 heavy (non-hydrogen) atoms. The van der Waals surface area contributed by atoms with Crippen LogP contribution >= 0.6 is 22.6 Å². The Hall–Kier alpha value is -0.450. The fourth-order valence-corrected chi connectivity index (χ4v) is 0.442. The van der Waals surface area contributed by atoms with Crippen molar-refractivity contribution in [2.75, 3.05) is 4.93 Å². The number of alkyl halides is 1. The van der Waals surface area contributed by atoms with Crippen LogP contribution in [0.25, 0.3) is 0 Å². The molecule has 0 unspecified atom stereocenters. The van der Waals surface area contributed by atoms with Gasteiger partial charge in [0.25, 0.3) is 0 Å². The van der Waals surface area contributed by atoms with E-state index in [2.05, 4.69) is 27.6 Å². The van der Waals surface area contributed by atoms with Crippen LogP contribution in [0.5, 0.6) is 0 Å². The van der Waals surface area contributed by atoms with Crippen LogP contribution in [-0.4, -0.2) is 16.2 Å². The second-order valence-corrected chi connectivity index (χ2v) is 1.40. The lowest BCUT2D eigenvalue weighted by atomic mass is 10.3. The van der Waals surface area contributed by atoms with Gasteiger partial charge in [0.2, 0.25) is 0 Å². The number of carbonyl (C=O) groups is 1. The number of hydrogen-bond acceptors (Lipinski definition) is 2. The Morgan fingerprint density at radius 2 is 1.67 bits per heavy atom. The van der Waals surface area contributed by atoms with Crippen molar-refractivity contribution in [3.63, 3.8) is 0 Å². The molecule has 0 aromatic carbocycles. The van der Waals surface area contributed by atoms with Gasteiger partial charge in [0.15, 0.2) is 0 Å². The maximum atomic E-state index is 9.98. The van der Waals surface area contributed by atoms with Crippen LogP contribution in [0, 0.1) is 0 Å². The Bertz CT molecular complexity index is 177. The third kappa shape index (κ3) is 7.65. The quantitative estimate of drug-likeness (QED) is 0.449. The Morgan fingerprint density at radius 1 is 1.25 bits per heavy atom. The molecule has 0 bridgehead atoms. The van der Waals surface area contributed by atoms with Gasteiger partial charge in [0, 0.05) is 18.0 Å². The molecule has 0 N–H and O–H groups in total. The highest BCUT2D eigenvalue weighted by Crippen LogP contribution is 1.88. The number of hydrogen-bond donors (Lipinski definition) is 0. The van der Waals surface area contributed by atoms with Gasteiger partial charge >= 0.3 is 0 Å². The number of aromatic nitrogens is 1. The summed E-state index contributed by atoms with van der Waals surface area (Å²) >= 11 is 2.15. The average Bonchev–Trinajstić information content (AvgIpc) is 2.25. The highest BCUT2D eigenvalue weighted by molar-refractivity contribution is 14.1. The van der Waals surface area contributed by atoms with Crippen molar-refractivity contribution in [3.8, 4) is 0 Å². The first-order valence-electron chi connectivity index (χ1n) is 3.66. The smallest absolute Gasteiger partial charge is 0.150 e. The molecule has 0 saturated carbocycles. The molecular formula is C9H14INO. The minimum absolute atomic E-state index is 0.667. The molecule has 0 atom stereocenters. The van der Waals surface area contributed by atoms with Crippen LogP contribution in [0.4, 0.5) is 0 Å². The van der Waals surface area contributed by atoms with Crippen LogP contribution < -0.4 is 0 Å². The van der Waals surface area contributed by atoms with Crippen molar-refractivity contribution >= 4 is 28.9 Å². The summed E-state index contributed by atoms with van der Waals surface area (Å²) in [5.41, 5.74) is 0.667. The average molecular weight is 279 g/mol. The molecule has 3 heteroatoms. The standard InChI is InChI=1S/C6H5NO.C2H6.CH3I/c8-5-6-1-3-7-4-2-6;2*1-2/h1-5H;1-2H3;1H3. The maximum absolute atomic E-state index is 9.98. The molecular weight excluding hydrogens is 265 g/mol. The molecule has 0 spiro atoms. The lowest BCUT2D eigenvalue weighted by molar-refractivity contribution is 0.112. The van der Waals surface area contributed by atoms with E-state index in [0.29, 0.717) is 5.56 Å². The van der Waals surface area contributed by atoms with Crippen LogP contribution in [0.2, 0.25) is 0 Å². The number of carbonyl (C=O) groups excluding carboxylic acids is 1. The zero-order valence-electron chi connectivity index (χ0n) is 7.62. The van der Waals surface area contributed by atoms with Crippen molar-refractivity contribution in [3.05, 3.63) is 30.1 Å². The number of nitrogens with zero attached hydrogens (tertiary/aromatic N) is 1. The van der Waals surface area contributed by atoms with Crippen LogP contribution in [-0.2, 0) is 0 Å². The van der Waals surface area contributed by atoms with E-state index < -0.39 is 0 Å². The molecule has 1 aromatic rings. The molecule has 0 amide bonds. The van der Waals surface area contributed by atoms with Gasteiger partial charge in [-0.3, -0.25) is 9.78 Å². The predicted molar refractivity (Wildman–Crippen MR) is 60.9 cm³/mol. The van der Waals surface area contributed by atoms with Crippen molar-refractivity contribution in [2.24, 2.45) is 0 Å². The van der Waals surface area contributed by atoms with E-state index in [1.807, 2.05) is 18.8 Å². The molecule has 0 aliphatic heterocycles. The van der Waals surface area contributed by atoms with Gasteiger partial charge in [0.1, 0.15) is 6.29 Å². The zero-order chi connectivity index (χ0) is 9.82. The number of halogens is 1. The zero-order valence-corrected chi connectivity index (χ0v) is 9.78. The van der Waals surface area contributed by atoms with E-state index in [4.69, 9.17) is 0 Å². The minimum atomic E-state index is 0.667. The van der Waals surface area contributed by atoms with Crippen LogP contribution in [0.15, 0.2) is 24.5 Å². The van der Waals surface area contributed by atoms with Crippen LogP contribution in [0.1, 0.15) is 24.2 Å². The highest BCUT2D eigenvalue weighted by Gasteiger charge is 1.80. The highest BCUT2D eigenvalue weighted by atomic mass is 127. The first-order chi connectivity index (χ1) is 5.93.